The second-order valence-corrected chi connectivity index (χ2v) is 4.06. The smallest absolute Gasteiger partial charge is 0.248 e. The van der Waals surface area contributed by atoms with Crippen molar-refractivity contribution in [2.24, 2.45) is 0 Å². The van der Waals surface area contributed by atoms with E-state index in [1.165, 1.54) is 0 Å². The summed E-state index contributed by atoms with van der Waals surface area (Å²) in [6.45, 7) is 0.552. The predicted molar refractivity (Wildman–Crippen MR) is 70.1 cm³/mol. The summed E-state index contributed by atoms with van der Waals surface area (Å²) in [7, 11) is 1.62. The van der Waals surface area contributed by atoms with Crippen molar-refractivity contribution in [3.63, 3.8) is 0 Å². The van der Waals surface area contributed by atoms with E-state index in [1.807, 2.05) is 30.3 Å². The van der Waals surface area contributed by atoms with Gasteiger partial charge in [0.1, 0.15) is 0 Å². The maximum absolute atomic E-state index is 9.02. The van der Waals surface area contributed by atoms with E-state index in [1.54, 1.807) is 11.8 Å². The van der Waals surface area contributed by atoms with E-state index in [0.717, 1.165) is 5.69 Å². The molecule has 0 radical (unpaired) electrons. The zero-order valence-corrected chi connectivity index (χ0v) is 10.7. The molecule has 7 nitrogen and oxygen atoms in total. The molecular formula is C12H17N5O2. The summed E-state index contributed by atoms with van der Waals surface area (Å²) in [5, 5.41) is 23.8. The second-order valence-electron chi connectivity index (χ2n) is 4.06. The monoisotopic (exact) mass is 263 g/mol. The first-order valence-electron chi connectivity index (χ1n) is 6.05. The Morgan fingerprint density at radius 1 is 1.37 bits per heavy atom. The number of hydrogen-bond donors (Lipinski definition) is 2. The number of aliphatic hydroxyl groups is 1. The van der Waals surface area contributed by atoms with Crippen LogP contribution < -0.4 is 5.32 Å². The first-order chi connectivity index (χ1) is 9.35. The lowest BCUT2D eigenvalue weighted by atomic mass is 10.2. The Morgan fingerprint density at radius 2 is 2.16 bits per heavy atom. The third-order valence-electron chi connectivity index (χ3n) is 2.65. The summed E-state index contributed by atoms with van der Waals surface area (Å²) in [5.74, 6) is 0.529. The van der Waals surface area contributed by atoms with Crippen LogP contribution in [-0.4, -0.2) is 51.7 Å². The molecule has 0 amide bonds. The van der Waals surface area contributed by atoms with Gasteiger partial charge in [-0.25, -0.2) is 0 Å². The Labute approximate surface area is 111 Å². The summed E-state index contributed by atoms with van der Waals surface area (Å²) in [6.07, 6.45) is 0.565. The van der Waals surface area contributed by atoms with E-state index in [4.69, 9.17) is 9.84 Å². The first kappa shape index (κ1) is 13.4. The van der Waals surface area contributed by atoms with Gasteiger partial charge in [-0.05, 0) is 29.0 Å². The molecule has 102 valence electrons. The lowest BCUT2D eigenvalue weighted by molar-refractivity contribution is 0.170. The molecule has 2 rings (SSSR count). The van der Waals surface area contributed by atoms with Gasteiger partial charge in [0.25, 0.3) is 0 Å². The minimum atomic E-state index is -0.0385. The maximum Gasteiger partial charge on any atom is 0.248 e. The summed E-state index contributed by atoms with van der Waals surface area (Å²) in [6, 6.07) is 9.56. The van der Waals surface area contributed by atoms with Crippen LogP contribution in [0.4, 0.5) is 5.95 Å². The Kier molecular flexibility index (Phi) is 4.82. The molecule has 1 atom stereocenters. The number of ether oxygens (including phenoxy) is 1. The van der Waals surface area contributed by atoms with E-state index < -0.39 is 0 Å². The van der Waals surface area contributed by atoms with Crippen LogP contribution in [0.2, 0.25) is 0 Å². The molecule has 0 aliphatic rings. The van der Waals surface area contributed by atoms with Crippen molar-refractivity contribution in [3.05, 3.63) is 30.3 Å². The topological polar surface area (TPSA) is 85.1 Å². The summed E-state index contributed by atoms with van der Waals surface area (Å²) in [5.41, 5.74) is 0.871. The SMILES string of the molecule is COCC(CCO)Nc1nnnn1-c1ccccc1. The molecule has 0 saturated heterocycles. The van der Waals surface area contributed by atoms with Gasteiger partial charge in [0.2, 0.25) is 5.95 Å². The Hall–Kier alpha value is -1.99. The highest BCUT2D eigenvalue weighted by molar-refractivity contribution is 5.38. The standard InChI is InChI=1S/C12H17N5O2/c1-19-9-10(7-8-18)13-12-14-15-16-17(12)11-5-3-2-4-6-11/h2-6,10,18H,7-9H2,1H3,(H,13,14,16). The van der Waals surface area contributed by atoms with Crippen molar-refractivity contribution in [1.82, 2.24) is 20.2 Å². The number of nitrogens with zero attached hydrogens (tertiary/aromatic N) is 4. The van der Waals surface area contributed by atoms with Crippen molar-refractivity contribution >= 4 is 5.95 Å². The van der Waals surface area contributed by atoms with E-state index in [-0.39, 0.29) is 12.6 Å². The number of methoxy groups -OCH3 is 1. The molecule has 1 unspecified atom stereocenters. The molecule has 2 N–H and O–H groups in total. The van der Waals surface area contributed by atoms with Gasteiger partial charge in [0, 0.05) is 13.7 Å². The predicted octanol–water partition coefficient (Wildman–Crippen LogP) is 0.472. The lowest BCUT2D eigenvalue weighted by Crippen LogP contribution is -2.27. The van der Waals surface area contributed by atoms with Gasteiger partial charge in [-0.3, -0.25) is 0 Å². The van der Waals surface area contributed by atoms with E-state index in [9.17, 15) is 0 Å². The maximum atomic E-state index is 9.02. The molecule has 0 bridgehead atoms. The van der Waals surface area contributed by atoms with Crippen molar-refractivity contribution in [2.75, 3.05) is 25.6 Å². The lowest BCUT2D eigenvalue weighted by Gasteiger charge is -2.17. The summed E-state index contributed by atoms with van der Waals surface area (Å²) in [4.78, 5) is 0. The number of aliphatic hydroxyl groups excluding tert-OH is 1. The zero-order chi connectivity index (χ0) is 13.5. The van der Waals surface area contributed by atoms with Crippen LogP contribution in [0.15, 0.2) is 30.3 Å². The average Bonchev–Trinajstić information content (AvgIpc) is 2.88. The van der Waals surface area contributed by atoms with Crippen molar-refractivity contribution in [2.45, 2.75) is 12.5 Å². The van der Waals surface area contributed by atoms with Gasteiger partial charge < -0.3 is 15.2 Å². The molecule has 0 aliphatic heterocycles. The zero-order valence-electron chi connectivity index (χ0n) is 10.7. The summed E-state index contributed by atoms with van der Waals surface area (Å²) >= 11 is 0. The van der Waals surface area contributed by atoms with Crippen LogP contribution in [0.3, 0.4) is 0 Å². The summed E-state index contributed by atoms with van der Waals surface area (Å²) < 4.78 is 6.71. The van der Waals surface area contributed by atoms with Crippen molar-refractivity contribution < 1.29 is 9.84 Å². The van der Waals surface area contributed by atoms with Crippen LogP contribution in [0.25, 0.3) is 5.69 Å². The molecule has 0 spiro atoms. The molecule has 2 aromatic rings. The van der Waals surface area contributed by atoms with Gasteiger partial charge in [-0.2, -0.15) is 4.68 Å². The molecule has 1 aromatic carbocycles. The number of nitrogens with one attached hydrogen (secondary N) is 1. The van der Waals surface area contributed by atoms with E-state index >= 15 is 0 Å². The third kappa shape index (κ3) is 3.49. The molecular weight excluding hydrogens is 246 g/mol. The van der Waals surface area contributed by atoms with Gasteiger partial charge in [-0.1, -0.05) is 23.3 Å². The Bertz CT molecular complexity index is 482. The van der Waals surface area contributed by atoms with Crippen LogP contribution in [0.1, 0.15) is 6.42 Å². The largest absolute Gasteiger partial charge is 0.396 e. The fourth-order valence-corrected chi connectivity index (χ4v) is 1.76. The minimum Gasteiger partial charge on any atom is -0.396 e. The van der Waals surface area contributed by atoms with Crippen LogP contribution >= 0.6 is 0 Å². The third-order valence-corrected chi connectivity index (χ3v) is 2.65. The highest BCUT2D eigenvalue weighted by atomic mass is 16.5. The van der Waals surface area contributed by atoms with Gasteiger partial charge >= 0.3 is 0 Å². The quantitative estimate of drug-likeness (QED) is 0.755. The number of benzene rings is 1. The molecule has 1 heterocycles. The average molecular weight is 263 g/mol. The van der Waals surface area contributed by atoms with Crippen LogP contribution in [-0.2, 0) is 4.74 Å². The molecule has 0 fully saturated rings. The van der Waals surface area contributed by atoms with Crippen molar-refractivity contribution in [3.8, 4) is 5.69 Å². The molecule has 0 saturated carbocycles. The Morgan fingerprint density at radius 3 is 2.84 bits per heavy atom. The van der Waals surface area contributed by atoms with Gasteiger partial charge in [0.05, 0.1) is 18.3 Å². The van der Waals surface area contributed by atoms with Gasteiger partial charge in [-0.15, -0.1) is 0 Å². The number of para-hydroxylation sites is 1. The van der Waals surface area contributed by atoms with E-state index in [2.05, 4.69) is 20.8 Å². The Balaban J connectivity index is 2.15. The fourth-order valence-electron chi connectivity index (χ4n) is 1.76. The van der Waals surface area contributed by atoms with E-state index in [0.29, 0.717) is 19.0 Å². The number of rotatable bonds is 7. The van der Waals surface area contributed by atoms with Crippen LogP contribution in [0, 0.1) is 0 Å². The van der Waals surface area contributed by atoms with Crippen LogP contribution in [0.5, 0.6) is 0 Å². The molecule has 0 aliphatic carbocycles. The first-order valence-corrected chi connectivity index (χ1v) is 6.05. The highest BCUT2D eigenvalue weighted by Crippen LogP contribution is 2.12. The number of aromatic nitrogens is 4. The fraction of sp³-hybridized carbons (Fsp3) is 0.417. The van der Waals surface area contributed by atoms with Gasteiger partial charge in [0.15, 0.2) is 0 Å². The number of anilines is 1. The molecule has 1 aromatic heterocycles. The normalized spacial score (nSPS) is 12.3. The van der Waals surface area contributed by atoms with Crippen molar-refractivity contribution in [1.29, 1.82) is 0 Å². The highest BCUT2D eigenvalue weighted by Gasteiger charge is 2.13. The molecule has 7 heteroatoms. The second kappa shape index (κ2) is 6.81. The number of hydrogen-bond acceptors (Lipinski definition) is 6. The molecule has 19 heavy (non-hydrogen) atoms. The number of tetrazole rings is 1. The minimum absolute atomic E-state index is 0.0385.